The Morgan fingerprint density at radius 2 is 1.77 bits per heavy atom. The topological polar surface area (TPSA) is 3.24 Å². The van der Waals surface area contributed by atoms with E-state index >= 15 is 0 Å². The van der Waals surface area contributed by atoms with Gasteiger partial charge in [0.2, 0.25) is 0 Å². The normalized spacial score (nSPS) is 32.3. The quantitative estimate of drug-likeness (QED) is 0.633. The van der Waals surface area contributed by atoms with Crippen LogP contribution in [0.3, 0.4) is 0 Å². The number of likely N-dealkylation sites (tertiary alicyclic amines) is 1. The van der Waals surface area contributed by atoms with Gasteiger partial charge in [-0.05, 0) is 38.0 Å². The van der Waals surface area contributed by atoms with Crippen molar-refractivity contribution in [2.75, 3.05) is 13.1 Å². The molecule has 0 atom stereocenters. The van der Waals surface area contributed by atoms with E-state index in [4.69, 9.17) is 0 Å². The van der Waals surface area contributed by atoms with Gasteiger partial charge in [0.1, 0.15) is 0 Å². The summed E-state index contributed by atoms with van der Waals surface area (Å²) in [5, 5.41) is 0. The van der Waals surface area contributed by atoms with Gasteiger partial charge < -0.3 is 0 Å². The van der Waals surface area contributed by atoms with E-state index in [1.807, 2.05) is 0 Å². The summed E-state index contributed by atoms with van der Waals surface area (Å²) >= 11 is 0. The van der Waals surface area contributed by atoms with E-state index in [-0.39, 0.29) is 0 Å². The first-order valence-electron chi connectivity index (χ1n) is 5.68. The first-order chi connectivity index (χ1) is 5.93. The molecule has 1 heteroatoms. The lowest BCUT2D eigenvalue weighted by atomic mass is 9.64. The standard InChI is InChI=1S/C12H23N/c1-11(2)9-13(12(11,3)4)8-10-6-5-7-10/h10H,5-9H2,1-4H3. The van der Waals surface area contributed by atoms with Gasteiger partial charge in [0.15, 0.2) is 0 Å². The predicted octanol–water partition coefficient (Wildman–Crippen LogP) is 2.91. The Bertz CT molecular complexity index is 201. The molecule has 0 aromatic heterocycles. The molecule has 13 heavy (non-hydrogen) atoms. The van der Waals surface area contributed by atoms with Gasteiger partial charge in [-0.3, -0.25) is 4.90 Å². The molecule has 1 saturated carbocycles. The van der Waals surface area contributed by atoms with E-state index in [0.717, 1.165) is 5.92 Å². The summed E-state index contributed by atoms with van der Waals surface area (Å²) in [6, 6.07) is 0. The minimum Gasteiger partial charge on any atom is -0.297 e. The highest BCUT2D eigenvalue weighted by molar-refractivity contribution is 5.07. The molecule has 1 saturated heterocycles. The van der Waals surface area contributed by atoms with Crippen LogP contribution in [-0.4, -0.2) is 23.5 Å². The van der Waals surface area contributed by atoms with Crippen molar-refractivity contribution in [2.24, 2.45) is 11.3 Å². The van der Waals surface area contributed by atoms with Crippen LogP contribution in [0.5, 0.6) is 0 Å². The Morgan fingerprint density at radius 3 is 2.08 bits per heavy atom. The van der Waals surface area contributed by atoms with Crippen molar-refractivity contribution in [3.05, 3.63) is 0 Å². The van der Waals surface area contributed by atoms with Gasteiger partial charge in [-0.2, -0.15) is 0 Å². The van der Waals surface area contributed by atoms with Crippen LogP contribution in [0.25, 0.3) is 0 Å². The molecule has 1 aliphatic heterocycles. The summed E-state index contributed by atoms with van der Waals surface area (Å²) in [7, 11) is 0. The van der Waals surface area contributed by atoms with E-state index in [1.54, 1.807) is 0 Å². The lowest BCUT2D eigenvalue weighted by Gasteiger charge is -2.62. The van der Waals surface area contributed by atoms with Gasteiger partial charge in [-0.15, -0.1) is 0 Å². The van der Waals surface area contributed by atoms with Crippen molar-refractivity contribution in [2.45, 2.75) is 52.5 Å². The van der Waals surface area contributed by atoms with Crippen molar-refractivity contribution in [3.8, 4) is 0 Å². The first-order valence-corrected chi connectivity index (χ1v) is 5.68. The van der Waals surface area contributed by atoms with Crippen LogP contribution in [0.4, 0.5) is 0 Å². The zero-order valence-corrected chi connectivity index (χ0v) is 9.56. The maximum absolute atomic E-state index is 2.68. The first kappa shape index (κ1) is 9.51. The van der Waals surface area contributed by atoms with E-state index in [9.17, 15) is 0 Å². The Hall–Kier alpha value is -0.0400. The van der Waals surface area contributed by atoms with Crippen molar-refractivity contribution >= 4 is 0 Å². The third-order valence-corrected chi connectivity index (χ3v) is 4.74. The fraction of sp³-hybridized carbons (Fsp3) is 1.00. The molecule has 0 radical (unpaired) electrons. The van der Waals surface area contributed by atoms with Crippen LogP contribution >= 0.6 is 0 Å². The Morgan fingerprint density at radius 1 is 1.15 bits per heavy atom. The minimum atomic E-state index is 0.433. The van der Waals surface area contributed by atoms with Gasteiger partial charge in [-0.25, -0.2) is 0 Å². The lowest BCUT2D eigenvalue weighted by molar-refractivity contribution is -0.127. The number of rotatable bonds is 2. The molecule has 1 heterocycles. The summed E-state index contributed by atoms with van der Waals surface area (Å²) in [4.78, 5) is 2.68. The third-order valence-electron chi connectivity index (χ3n) is 4.74. The van der Waals surface area contributed by atoms with E-state index in [2.05, 4.69) is 32.6 Å². The lowest BCUT2D eigenvalue weighted by Crippen LogP contribution is -2.69. The molecular formula is C12H23N. The van der Waals surface area contributed by atoms with Crippen LogP contribution in [0.1, 0.15) is 47.0 Å². The molecule has 0 spiro atoms. The van der Waals surface area contributed by atoms with Crippen molar-refractivity contribution < 1.29 is 0 Å². The smallest absolute Gasteiger partial charge is 0.0216 e. The second-order valence-corrected chi connectivity index (χ2v) is 6.12. The number of hydrogen-bond acceptors (Lipinski definition) is 1. The highest BCUT2D eigenvalue weighted by atomic mass is 15.3. The van der Waals surface area contributed by atoms with Crippen molar-refractivity contribution in [1.29, 1.82) is 0 Å². The fourth-order valence-corrected chi connectivity index (χ4v) is 2.48. The molecule has 0 amide bonds. The monoisotopic (exact) mass is 181 g/mol. The highest BCUT2D eigenvalue weighted by Gasteiger charge is 2.52. The zero-order chi connectivity index (χ0) is 9.69. The molecule has 2 rings (SSSR count). The molecule has 0 unspecified atom stereocenters. The summed E-state index contributed by atoms with van der Waals surface area (Å²) in [5.41, 5.74) is 0.958. The molecule has 0 aromatic carbocycles. The SMILES string of the molecule is CC1(C)CN(CC2CCC2)C1(C)C. The fourth-order valence-electron chi connectivity index (χ4n) is 2.48. The molecule has 0 bridgehead atoms. The van der Waals surface area contributed by atoms with E-state index < -0.39 is 0 Å². The average Bonchev–Trinajstić information content (AvgIpc) is 1.93. The molecule has 0 aromatic rings. The summed E-state index contributed by atoms with van der Waals surface area (Å²) < 4.78 is 0. The largest absolute Gasteiger partial charge is 0.297 e. The maximum atomic E-state index is 2.68. The molecule has 0 N–H and O–H groups in total. The minimum absolute atomic E-state index is 0.433. The second kappa shape index (κ2) is 2.73. The predicted molar refractivity (Wildman–Crippen MR) is 56.8 cm³/mol. The number of nitrogens with zero attached hydrogens (tertiary/aromatic N) is 1. The van der Waals surface area contributed by atoms with Crippen LogP contribution in [0.15, 0.2) is 0 Å². The highest BCUT2D eigenvalue weighted by Crippen LogP contribution is 2.47. The summed E-state index contributed by atoms with van der Waals surface area (Å²) in [6.07, 6.45) is 4.43. The second-order valence-electron chi connectivity index (χ2n) is 6.12. The summed E-state index contributed by atoms with van der Waals surface area (Å²) in [5.74, 6) is 1.02. The van der Waals surface area contributed by atoms with Crippen LogP contribution < -0.4 is 0 Å². The van der Waals surface area contributed by atoms with Crippen LogP contribution in [0.2, 0.25) is 0 Å². The molecular weight excluding hydrogens is 158 g/mol. The van der Waals surface area contributed by atoms with Gasteiger partial charge in [0, 0.05) is 18.6 Å². The maximum Gasteiger partial charge on any atom is 0.0216 e. The molecule has 1 nitrogen and oxygen atoms in total. The van der Waals surface area contributed by atoms with E-state index in [1.165, 1.54) is 32.4 Å². The summed E-state index contributed by atoms with van der Waals surface area (Å²) in [6.45, 7) is 12.2. The zero-order valence-electron chi connectivity index (χ0n) is 9.56. The van der Waals surface area contributed by atoms with Gasteiger partial charge in [-0.1, -0.05) is 20.3 Å². The van der Waals surface area contributed by atoms with Crippen LogP contribution in [-0.2, 0) is 0 Å². The Kier molecular flexibility index (Phi) is 1.99. The molecule has 2 aliphatic rings. The average molecular weight is 181 g/mol. The molecule has 1 aliphatic carbocycles. The number of hydrogen-bond donors (Lipinski definition) is 0. The van der Waals surface area contributed by atoms with Gasteiger partial charge in [0.25, 0.3) is 0 Å². The third kappa shape index (κ3) is 1.32. The van der Waals surface area contributed by atoms with E-state index in [0.29, 0.717) is 11.0 Å². The molecule has 76 valence electrons. The Labute approximate surface area is 82.5 Å². The van der Waals surface area contributed by atoms with Crippen molar-refractivity contribution in [3.63, 3.8) is 0 Å². The van der Waals surface area contributed by atoms with Gasteiger partial charge >= 0.3 is 0 Å². The van der Waals surface area contributed by atoms with Crippen LogP contribution in [0, 0.1) is 11.3 Å². The van der Waals surface area contributed by atoms with Gasteiger partial charge in [0.05, 0.1) is 0 Å². The van der Waals surface area contributed by atoms with Crippen molar-refractivity contribution in [1.82, 2.24) is 4.90 Å². The molecule has 2 fully saturated rings. The Balaban J connectivity index is 1.89.